The molecule has 4 rings (SSSR count). The van der Waals surface area contributed by atoms with Gasteiger partial charge >= 0.3 is 0 Å². The van der Waals surface area contributed by atoms with E-state index in [-0.39, 0.29) is 18.1 Å². The number of hydrogen-bond donors (Lipinski definition) is 1. The molecule has 1 aliphatic rings. The molecule has 0 aliphatic carbocycles. The van der Waals surface area contributed by atoms with Crippen LogP contribution in [0.3, 0.4) is 0 Å². The first-order valence-corrected chi connectivity index (χ1v) is 9.43. The first-order valence-electron chi connectivity index (χ1n) is 9.43. The van der Waals surface area contributed by atoms with Gasteiger partial charge in [-0.3, -0.25) is 14.7 Å². The number of carbonyl (C=O) groups excluding carboxylic acids is 1. The van der Waals surface area contributed by atoms with E-state index in [1.807, 2.05) is 22.9 Å². The summed E-state index contributed by atoms with van der Waals surface area (Å²) >= 11 is 0. The van der Waals surface area contributed by atoms with Crippen molar-refractivity contribution < 1.29 is 9.53 Å². The van der Waals surface area contributed by atoms with Gasteiger partial charge in [0.2, 0.25) is 0 Å². The Labute approximate surface area is 163 Å². The second-order valence-electron chi connectivity index (χ2n) is 7.01. The fourth-order valence-electron chi connectivity index (χ4n) is 3.62. The monoisotopic (exact) mass is 380 g/mol. The van der Waals surface area contributed by atoms with Crippen LogP contribution in [0.1, 0.15) is 22.8 Å². The summed E-state index contributed by atoms with van der Waals surface area (Å²) < 4.78 is 7.48. The van der Waals surface area contributed by atoms with Crippen LogP contribution in [-0.2, 0) is 11.3 Å². The van der Waals surface area contributed by atoms with Gasteiger partial charge in [0, 0.05) is 38.8 Å². The zero-order chi connectivity index (χ0) is 19.5. The Morgan fingerprint density at radius 1 is 1.32 bits per heavy atom. The molecule has 0 radical (unpaired) electrons. The van der Waals surface area contributed by atoms with Crippen molar-refractivity contribution in [2.45, 2.75) is 25.6 Å². The largest absolute Gasteiger partial charge is 0.378 e. The van der Waals surface area contributed by atoms with E-state index in [1.54, 1.807) is 31.9 Å². The molecule has 146 valence electrons. The molecular weight excluding hydrogens is 356 g/mol. The number of imidazole rings is 1. The normalized spacial score (nSPS) is 19.9. The summed E-state index contributed by atoms with van der Waals surface area (Å²) in [6.45, 7) is 5.29. The maximum atomic E-state index is 12.7. The van der Waals surface area contributed by atoms with E-state index < -0.39 is 0 Å². The number of amides is 1. The molecule has 4 heterocycles. The number of nitrogens with one attached hydrogen (secondary N) is 1. The molecule has 1 N–H and O–H groups in total. The second kappa shape index (κ2) is 8.04. The van der Waals surface area contributed by atoms with Gasteiger partial charge < -0.3 is 14.6 Å². The highest BCUT2D eigenvalue weighted by Crippen LogP contribution is 2.16. The van der Waals surface area contributed by atoms with Gasteiger partial charge in [0.25, 0.3) is 5.91 Å². The minimum atomic E-state index is -0.152. The summed E-state index contributed by atoms with van der Waals surface area (Å²) in [5, 5.41) is 3.08. The number of rotatable bonds is 6. The Balaban J connectivity index is 1.49. The predicted molar refractivity (Wildman–Crippen MR) is 105 cm³/mol. The average Bonchev–Trinajstić information content (AvgIpc) is 3.32. The molecule has 1 saturated heterocycles. The van der Waals surface area contributed by atoms with Crippen LogP contribution < -0.4 is 5.32 Å². The number of nitrogens with zero attached hydrogens (tertiary/aromatic N) is 5. The average molecular weight is 380 g/mol. The number of aromatic nitrogens is 4. The number of hydrogen-bond acceptors (Lipinski definition) is 6. The van der Waals surface area contributed by atoms with Crippen LogP contribution in [-0.4, -0.2) is 69.2 Å². The second-order valence-corrected chi connectivity index (χ2v) is 7.01. The van der Waals surface area contributed by atoms with Crippen LogP contribution in [0.2, 0.25) is 0 Å². The molecule has 8 nitrogen and oxygen atoms in total. The molecule has 0 bridgehead atoms. The van der Waals surface area contributed by atoms with Crippen molar-refractivity contribution in [1.82, 2.24) is 29.7 Å². The fraction of sp³-hybridized carbons (Fsp3) is 0.400. The summed E-state index contributed by atoms with van der Waals surface area (Å²) in [6.07, 6.45) is 6.91. The maximum absolute atomic E-state index is 12.7. The third kappa shape index (κ3) is 3.74. The Bertz CT molecular complexity index is 958. The van der Waals surface area contributed by atoms with Crippen molar-refractivity contribution in [2.75, 3.05) is 26.7 Å². The van der Waals surface area contributed by atoms with Crippen molar-refractivity contribution >= 4 is 17.1 Å². The molecule has 3 aromatic rings. The molecule has 8 heteroatoms. The Hall–Kier alpha value is -2.84. The van der Waals surface area contributed by atoms with E-state index in [0.29, 0.717) is 17.6 Å². The zero-order valence-corrected chi connectivity index (χ0v) is 16.1. The number of methoxy groups -OCH3 is 1. The first-order chi connectivity index (χ1) is 13.7. The van der Waals surface area contributed by atoms with Gasteiger partial charge in [0.15, 0.2) is 5.65 Å². The maximum Gasteiger partial charge on any atom is 0.253 e. The SMILES string of the molecule is CCN1C[C@H](NC(=O)c2cnc3c(c2)ncn3Cc2cccnc2)[C@@H](OC)C1. The van der Waals surface area contributed by atoms with Crippen LogP contribution in [0.4, 0.5) is 0 Å². The molecule has 0 saturated carbocycles. The van der Waals surface area contributed by atoms with Crippen LogP contribution in [0, 0.1) is 0 Å². The number of ether oxygens (including phenoxy) is 1. The molecule has 0 spiro atoms. The molecule has 1 aliphatic heterocycles. The minimum Gasteiger partial charge on any atom is -0.378 e. The van der Waals surface area contributed by atoms with Gasteiger partial charge in [-0.15, -0.1) is 0 Å². The highest BCUT2D eigenvalue weighted by molar-refractivity contribution is 5.96. The highest BCUT2D eigenvalue weighted by Gasteiger charge is 2.33. The van der Waals surface area contributed by atoms with Gasteiger partial charge in [-0.05, 0) is 24.2 Å². The highest BCUT2D eigenvalue weighted by atomic mass is 16.5. The first kappa shape index (κ1) is 18.5. The standard InChI is InChI=1S/C20H24N6O2/c1-3-25-11-17(18(12-25)28-2)24-20(27)15-7-16-19(22-9-15)26(13-23-16)10-14-5-4-6-21-8-14/h4-9,13,17-18H,3,10-12H2,1-2H3,(H,24,27)/t17-,18-/m0/s1. The predicted octanol–water partition coefficient (Wildman–Crippen LogP) is 1.32. The summed E-state index contributed by atoms with van der Waals surface area (Å²) in [5.41, 5.74) is 3.01. The van der Waals surface area contributed by atoms with E-state index in [9.17, 15) is 4.79 Å². The summed E-state index contributed by atoms with van der Waals surface area (Å²) in [4.78, 5) is 28.0. The summed E-state index contributed by atoms with van der Waals surface area (Å²) in [5.74, 6) is -0.152. The lowest BCUT2D eigenvalue weighted by Crippen LogP contribution is -2.43. The molecule has 1 fully saturated rings. The zero-order valence-electron chi connectivity index (χ0n) is 16.1. The summed E-state index contributed by atoms with van der Waals surface area (Å²) in [7, 11) is 1.69. The molecule has 0 unspecified atom stereocenters. The lowest BCUT2D eigenvalue weighted by atomic mass is 10.2. The molecule has 3 aromatic heterocycles. The smallest absolute Gasteiger partial charge is 0.253 e. The Morgan fingerprint density at radius 2 is 2.21 bits per heavy atom. The van der Waals surface area contributed by atoms with Crippen LogP contribution in [0.15, 0.2) is 43.1 Å². The van der Waals surface area contributed by atoms with Crippen molar-refractivity contribution in [3.63, 3.8) is 0 Å². The third-order valence-electron chi connectivity index (χ3n) is 5.20. The molecular formula is C20H24N6O2. The number of fused-ring (bicyclic) bond motifs is 1. The minimum absolute atomic E-state index is 0.000666. The van der Waals surface area contributed by atoms with Gasteiger partial charge in [0.1, 0.15) is 5.52 Å². The van der Waals surface area contributed by atoms with Crippen LogP contribution in [0.5, 0.6) is 0 Å². The summed E-state index contributed by atoms with van der Waals surface area (Å²) in [6, 6.07) is 5.66. The fourth-order valence-corrected chi connectivity index (χ4v) is 3.62. The van der Waals surface area contributed by atoms with Crippen molar-refractivity contribution in [1.29, 1.82) is 0 Å². The number of likely N-dealkylation sites (N-methyl/N-ethyl adjacent to an activating group) is 1. The van der Waals surface area contributed by atoms with Gasteiger partial charge in [-0.1, -0.05) is 13.0 Å². The lowest BCUT2D eigenvalue weighted by Gasteiger charge is -2.18. The van der Waals surface area contributed by atoms with Gasteiger partial charge in [0.05, 0.1) is 30.6 Å². The quantitative estimate of drug-likeness (QED) is 0.694. The topological polar surface area (TPSA) is 85.2 Å². The van der Waals surface area contributed by atoms with E-state index >= 15 is 0 Å². The molecule has 2 atom stereocenters. The van der Waals surface area contributed by atoms with E-state index in [4.69, 9.17) is 4.74 Å². The number of likely N-dealkylation sites (tertiary alicyclic amines) is 1. The molecule has 1 amide bonds. The van der Waals surface area contributed by atoms with E-state index in [2.05, 4.69) is 32.1 Å². The third-order valence-corrected chi connectivity index (χ3v) is 5.20. The van der Waals surface area contributed by atoms with Gasteiger partial charge in [-0.25, -0.2) is 9.97 Å². The number of carbonyl (C=O) groups is 1. The van der Waals surface area contributed by atoms with Crippen molar-refractivity contribution in [2.24, 2.45) is 0 Å². The van der Waals surface area contributed by atoms with Crippen LogP contribution in [0.25, 0.3) is 11.2 Å². The van der Waals surface area contributed by atoms with Gasteiger partial charge in [-0.2, -0.15) is 0 Å². The van der Waals surface area contributed by atoms with E-state index in [0.717, 1.165) is 30.8 Å². The Kier molecular flexibility index (Phi) is 5.31. The molecule has 0 aromatic carbocycles. The van der Waals surface area contributed by atoms with Crippen molar-refractivity contribution in [3.05, 3.63) is 54.2 Å². The van der Waals surface area contributed by atoms with E-state index in [1.165, 1.54) is 0 Å². The molecule has 28 heavy (non-hydrogen) atoms. The van der Waals surface area contributed by atoms with Crippen LogP contribution >= 0.6 is 0 Å². The number of pyridine rings is 2. The Morgan fingerprint density at radius 3 is 2.96 bits per heavy atom. The lowest BCUT2D eigenvalue weighted by molar-refractivity contribution is 0.0762. The van der Waals surface area contributed by atoms with Crippen molar-refractivity contribution in [3.8, 4) is 0 Å².